The van der Waals surface area contributed by atoms with Gasteiger partial charge in [-0.2, -0.15) is 0 Å². The van der Waals surface area contributed by atoms with Crippen molar-refractivity contribution in [2.45, 2.75) is 32.3 Å². The van der Waals surface area contributed by atoms with Gasteiger partial charge in [-0.1, -0.05) is 6.92 Å². The summed E-state index contributed by atoms with van der Waals surface area (Å²) in [6.07, 6.45) is 1.68. The van der Waals surface area contributed by atoms with Crippen LogP contribution in [0.4, 0.5) is 0 Å². The summed E-state index contributed by atoms with van der Waals surface area (Å²) >= 11 is 0. The number of hydrogen-bond acceptors (Lipinski definition) is 4. The second-order valence-electron chi connectivity index (χ2n) is 4.30. The lowest BCUT2D eigenvalue weighted by Gasteiger charge is -2.11. The van der Waals surface area contributed by atoms with Crippen molar-refractivity contribution < 1.29 is 18.3 Å². The van der Waals surface area contributed by atoms with Crippen molar-refractivity contribution in [3.63, 3.8) is 0 Å². The topological polar surface area (TPSA) is 83.5 Å². The second-order valence-corrected chi connectivity index (χ2v) is 6.70. The first-order valence-electron chi connectivity index (χ1n) is 5.58. The molecule has 6 heteroatoms. The van der Waals surface area contributed by atoms with Gasteiger partial charge in [-0.25, -0.2) is 8.42 Å². The van der Waals surface area contributed by atoms with Crippen LogP contribution < -0.4 is 5.32 Å². The van der Waals surface area contributed by atoms with Crippen molar-refractivity contribution in [2.75, 3.05) is 18.1 Å². The average Bonchev–Trinajstić information content (AvgIpc) is 2.98. The quantitative estimate of drug-likeness (QED) is 0.649. The van der Waals surface area contributed by atoms with Crippen molar-refractivity contribution in [1.82, 2.24) is 5.32 Å². The number of aliphatic hydroxyl groups is 1. The third kappa shape index (κ3) is 5.46. The number of aliphatic hydroxyl groups excluding tert-OH is 1. The zero-order valence-corrected chi connectivity index (χ0v) is 10.3. The summed E-state index contributed by atoms with van der Waals surface area (Å²) < 4.78 is 22.3. The SMILES string of the molecule is CCS(=O)(=O)CC(O)CNC(=O)CC1CC1. The van der Waals surface area contributed by atoms with Crippen LogP contribution in [0.3, 0.4) is 0 Å². The molecule has 16 heavy (non-hydrogen) atoms. The zero-order valence-electron chi connectivity index (χ0n) is 9.48. The Balaban J connectivity index is 2.18. The molecule has 1 rings (SSSR count). The van der Waals surface area contributed by atoms with Crippen LogP contribution in [0, 0.1) is 5.92 Å². The van der Waals surface area contributed by atoms with E-state index in [1.54, 1.807) is 0 Å². The summed E-state index contributed by atoms with van der Waals surface area (Å²) in [6.45, 7) is 1.55. The molecule has 1 amide bonds. The highest BCUT2D eigenvalue weighted by atomic mass is 32.2. The monoisotopic (exact) mass is 249 g/mol. The number of nitrogens with one attached hydrogen (secondary N) is 1. The summed E-state index contributed by atoms with van der Waals surface area (Å²) in [5, 5.41) is 12.0. The lowest BCUT2D eigenvalue weighted by Crippen LogP contribution is -2.36. The number of rotatable bonds is 7. The fourth-order valence-corrected chi connectivity index (χ4v) is 2.30. The molecule has 2 N–H and O–H groups in total. The summed E-state index contributed by atoms with van der Waals surface area (Å²) in [7, 11) is -3.18. The molecule has 0 heterocycles. The Labute approximate surface area is 96.1 Å². The fraction of sp³-hybridized carbons (Fsp3) is 0.900. The molecular formula is C10H19NO4S. The number of hydrogen-bond donors (Lipinski definition) is 2. The van der Waals surface area contributed by atoms with Crippen LogP contribution in [0.1, 0.15) is 26.2 Å². The Morgan fingerprint density at radius 3 is 2.62 bits per heavy atom. The van der Waals surface area contributed by atoms with E-state index in [2.05, 4.69) is 5.32 Å². The maximum atomic E-state index is 11.3. The molecular weight excluding hydrogens is 230 g/mol. The van der Waals surface area contributed by atoms with Gasteiger partial charge in [0.25, 0.3) is 0 Å². The average molecular weight is 249 g/mol. The van der Waals surface area contributed by atoms with Crippen molar-refractivity contribution in [2.24, 2.45) is 5.92 Å². The van der Waals surface area contributed by atoms with Crippen molar-refractivity contribution in [3.05, 3.63) is 0 Å². The lowest BCUT2D eigenvalue weighted by atomic mass is 10.3. The third-order valence-corrected chi connectivity index (χ3v) is 4.36. The molecule has 1 fully saturated rings. The van der Waals surface area contributed by atoms with Crippen LogP contribution in [-0.4, -0.2) is 43.6 Å². The molecule has 0 aromatic rings. The summed E-state index contributed by atoms with van der Waals surface area (Å²) in [4.78, 5) is 11.3. The van der Waals surface area contributed by atoms with E-state index in [4.69, 9.17) is 0 Å². The Morgan fingerprint density at radius 1 is 1.50 bits per heavy atom. The maximum absolute atomic E-state index is 11.3. The minimum atomic E-state index is -3.18. The molecule has 0 aromatic heterocycles. The Kier molecular flexibility index (Phi) is 4.73. The number of sulfone groups is 1. The molecule has 5 nitrogen and oxygen atoms in total. The van der Waals surface area contributed by atoms with Gasteiger partial charge in [0.2, 0.25) is 5.91 Å². The van der Waals surface area contributed by atoms with Crippen molar-refractivity contribution in [1.29, 1.82) is 0 Å². The van der Waals surface area contributed by atoms with Gasteiger partial charge in [0.15, 0.2) is 9.84 Å². The lowest BCUT2D eigenvalue weighted by molar-refractivity contribution is -0.121. The normalized spacial score (nSPS) is 18.1. The van der Waals surface area contributed by atoms with Gasteiger partial charge in [-0.15, -0.1) is 0 Å². The van der Waals surface area contributed by atoms with Crippen molar-refractivity contribution in [3.8, 4) is 0 Å². The Morgan fingerprint density at radius 2 is 2.12 bits per heavy atom. The van der Waals surface area contributed by atoms with Gasteiger partial charge in [-0.3, -0.25) is 4.79 Å². The Hall–Kier alpha value is -0.620. The van der Waals surface area contributed by atoms with E-state index in [1.807, 2.05) is 0 Å². The van der Waals surface area contributed by atoms with E-state index in [0.29, 0.717) is 12.3 Å². The van der Waals surface area contributed by atoms with Crippen LogP contribution in [0.25, 0.3) is 0 Å². The summed E-state index contributed by atoms with van der Waals surface area (Å²) in [5.41, 5.74) is 0. The first-order valence-corrected chi connectivity index (χ1v) is 7.40. The predicted octanol–water partition coefficient (Wildman–Crippen LogP) is -0.302. The van der Waals surface area contributed by atoms with Crippen LogP contribution >= 0.6 is 0 Å². The molecule has 0 bridgehead atoms. The zero-order chi connectivity index (χ0) is 12.2. The summed E-state index contributed by atoms with van der Waals surface area (Å²) in [6, 6.07) is 0. The van der Waals surface area contributed by atoms with E-state index < -0.39 is 15.9 Å². The highest BCUT2D eigenvalue weighted by molar-refractivity contribution is 7.91. The molecule has 1 atom stereocenters. The van der Waals surface area contributed by atoms with Gasteiger partial charge >= 0.3 is 0 Å². The predicted molar refractivity (Wildman–Crippen MR) is 60.7 cm³/mol. The maximum Gasteiger partial charge on any atom is 0.220 e. The largest absolute Gasteiger partial charge is 0.390 e. The van der Waals surface area contributed by atoms with Crippen LogP contribution in [-0.2, 0) is 14.6 Å². The number of amides is 1. The van der Waals surface area contributed by atoms with E-state index in [0.717, 1.165) is 12.8 Å². The fourth-order valence-electron chi connectivity index (χ4n) is 1.36. The Bertz CT molecular complexity index is 335. The number of carbonyl (C=O) groups excluding carboxylic acids is 1. The van der Waals surface area contributed by atoms with Crippen LogP contribution in [0.2, 0.25) is 0 Å². The molecule has 1 unspecified atom stereocenters. The van der Waals surface area contributed by atoms with Gasteiger partial charge in [0.05, 0.1) is 11.9 Å². The molecule has 1 aliphatic carbocycles. The number of carbonyl (C=O) groups is 1. The van der Waals surface area contributed by atoms with Crippen LogP contribution in [0.5, 0.6) is 0 Å². The van der Waals surface area contributed by atoms with E-state index in [-0.39, 0.29) is 24.0 Å². The van der Waals surface area contributed by atoms with E-state index >= 15 is 0 Å². The van der Waals surface area contributed by atoms with Gasteiger partial charge in [0, 0.05) is 18.7 Å². The van der Waals surface area contributed by atoms with Gasteiger partial charge in [-0.05, 0) is 18.8 Å². The molecule has 0 saturated heterocycles. The molecule has 1 aliphatic rings. The standard InChI is InChI=1S/C10H19NO4S/c1-2-16(14,15)7-9(12)6-11-10(13)5-8-3-4-8/h8-9,12H,2-7H2,1H3,(H,11,13). The minimum absolute atomic E-state index is 0.0140. The first kappa shape index (κ1) is 13.4. The van der Waals surface area contributed by atoms with Crippen molar-refractivity contribution >= 4 is 15.7 Å². The summed E-state index contributed by atoms with van der Waals surface area (Å²) in [5.74, 6) is 0.125. The molecule has 1 saturated carbocycles. The van der Waals surface area contributed by atoms with Crippen LogP contribution in [0.15, 0.2) is 0 Å². The molecule has 0 spiro atoms. The highest BCUT2D eigenvalue weighted by Gasteiger charge is 2.24. The van der Waals surface area contributed by atoms with Gasteiger partial charge in [0.1, 0.15) is 0 Å². The molecule has 0 radical (unpaired) electrons. The smallest absolute Gasteiger partial charge is 0.220 e. The first-order chi connectivity index (χ1) is 7.43. The second kappa shape index (κ2) is 5.63. The molecule has 94 valence electrons. The third-order valence-electron chi connectivity index (χ3n) is 2.59. The van der Waals surface area contributed by atoms with E-state index in [1.165, 1.54) is 6.92 Å². The van der Waals surface area contributed by atoms with E-state index in [9.17, 15) is 18.3 Å². The molecule has 0 aromatic carbocycles. The highest BCUT2D eigenvalue weighted by Crippen LogP contribution is 2.31. The minimum Gasteiger partial charge on any atom is -0.390 e. The molecule has 0 aliphatic heterocycles. The van der Waals surface area contributed by atoms with Gasteiger partial charge < -0.3 is 10.4 Å².